The minimum atomic E-state index is -3.06. The first-order valence-electron chi connectivity index (χ1n) is 18.1. The van der Waals surface area contributed by atoms with E-state index in [1.54, 1.807) is 30.1 Å². The number of nitrogens with zero attached hydrogens (tertiary/aromatic N) is 3. The number of carbonyl (C=O) groups is 2. The number of hydrogen-bond donors (Lipinski definition) is 0. The molecule has 3 atom stereocenters. The van der Waals surface area contributed by atoms with Crippen molar-refractivity contribution in [3.05, 3.63) is 117 Å². The zero-order valence-electron chi connectivity index (χ0n) is 29.7. The molecule has 2 bridgehead atoms. The quantitative estimate of drug-likeness (QED) is 0.110. The SMILES string of the molecule is CN(c1cccc(C(=O)O[C@@H](Cc2c(Cl)cncc2Cl)c2ccc(OC(F)F)c(OCC3CC3)c2)c1)C(C(=O)O[C@H]1CN2CCC1CC2)c1ccccc1. The van der Waals surface area contributed by atoms with E-state index in [0.29, 0.717) is 35.3 Å². The van der Waals surface area contributed by atoms with Crippen molar-refractivity contribution in [3.8, 4) is 11.5 Å². The number of benzene rings is 3. The number of ether oxygens (including phenoxy) is 4. The van der Waals surface area contributed by atoms with Crippen molar-refractivity contribution < 1.29 is 37.3 Å². The summed E-state index contributed by atoms with van der Waals surface area (Å²) in [6.45, 7) is 0.0710. The van der Waals surface area contributed by atoms with Crippen molar-refractivity contribution in [3.63, 3.8) is 0 Å². The molecule has 1 aliphatic carbocycles. The Morgan fingerprint density at radius 1 is 0.907 bits per heavy atom. The Bertz CT molecular complexity index is 1920. The highest BCUT2D eigenvalue weighted by molar-refractivity contribution is 6.35. The molecule has 9 nitrogen and oxygen atoms in total. The Morgan fingerprint density at radius 3 is 2.31 bits per heavy atom. The van der Waals surface area contributed by atoms with Crippen LogP contribution in [0, 0.1) is 11.8 Å². The molecule has 284 valence electrons. The van der Waals surface area contributed by atoms with E-state index < -0.39 is 24.7 Å². The summed E-state index contributed by atoms with van der Waals surface area (Å²) in [5, 5.41) is 0.541. The molecule has 3 saturated heterocycles. The number of fused-ring (bicyclic) bond motifs is 3. The van der Waals surface area contributed by atoms with Gasteiger partial charge in [0.05, 0.1) is 22.2 Å². The van der Waals surface area contributed by atoms with Crippen LogP contribution in [0.25, 0.3) is 0 Å². The zero-order chi connectivity index (χ0) is 37.8. The van der Waals surface area contributed by atoms with Crippen LogP contribution in [-0.2, 0) is 20.7 Å². The Kier molecular flexibility index (Phi) is 11.9. The summed E-state index contributed by atoms with van der Waals surface area (Å²) in [6, 6.07) is 19.9. The summed E-state index contributed by atoms with van der Waals surface area (Å²) in [7, 11) is 1.79. The third-order valence-electron chi connectivity index (χ3n) is 10.4. The van der Waals surface area contributed by atoms with Crippen LogP contribution < -0.4 is 14.4 Å². The van der Waals surface area contributed by atoms with Gasteiger partial charge in [0, 0.05) is 38.1 Å². The minimum Gasteiger partial charge on any atom is -0.489 e. The second-order valence-electron chi connectivity index (χ2n) is 14.1. The van der Waals surface area contributed by atoms with E-state index >= 15 is 0 Å². The van der Waals surface area contributed by atoms with Crippen LogP contribution in [-0.4, -0.2) is 67.8 Å². The van der Waals surface area contributed by atoms with Gasteiger partial charge in [-0.3, -0.25) is 9.88 Å². The van der Waals surface area contributed by atoms with Gasteiger partial charge in [0.1, 0.15) is 12.2 Å². The Labute approximate surface area is 323 Å². The average Bonchev–Trinajstić information content (AvgIpc) is 4.01. The molecule has 4 fully saturated rings. The molecule has 4 aromatic rings. The molecule has 54 heavy (non-hydrogen) atoms. The number of anilines is 1. The Hall–Kier alpha value is -4.45. The van der Waals surface area contributed by atoms with E-state index in [4.69, 9.17) is 42.1 Å². The van der Waals surface area contributed by atoms with Crippen LogP contribution in [0.1, 0.15) is 64.9 Å². The van der Waals surface area contributed by atoms with Crippen molar-refractivity contribution in [1.29, 1.82) is 0 Å². The van der Waals surface area contributed by atoms with E-state index in [1.807, 2.05) is 36.4 Å². The van der Waals surface area contributed by atoms with Gasteiger partial charge in [0.15, 0.2) is 17.5 Å². The number of aromatic nitrogens is 1. The number of carbonyl (C=O) groups excluding carboxylic acids is 2. The monoisotopic (exact) mass is 779 g/mol. The average molecular weight is 781 g/mol. The Balaban J connectivity index is 1.16. The lowest BCUT2D eigenvalue weighted by Crippen LogP contribution is -2.52. The maximum absolute atomic E-state index is 14.0. The molecule has 3 aliphatic heterocycles. The Morgan fingerprint density at radius 2 is 1.65 bits per heavy atom. The summed E-state index contributed by atoms with van der Waals surface area (Å²) in [5.41, 5.74) is 2.50. The summed E-state index contributed by atoms with van der Waals surface area (Å²) in [6.07, 6.45) is 5.78. The topological polar surface area (TPSA) is 90.4 Å². The number of likely N-dealkylation sites (N-methyl/N-ethyl adjacent to an activating group) is 1. The molecule has 4 heterocycles. The van der Waals surface area contributed by atoms with Crippen LogP contribution >= 0.6 is 23.2 Å². The van der Waals surface area contributed by atoms with Gasteiger partial charge in [0.25, 0.3) is 0 Å². The fourth-order valence-electron chi connectivity index (χ4n) is 7.18. The summed E-state index contributed by atoms with van der Waals surface area (Å²) >= 11 is 13.0. The molecule has 4 aliphatic rings. The van der Waals surface area contributed by atoms with Gasteiger partial charge >= 0.3 is 18.6 Å². The normalized spacial score (nSPS) is 20.2. The van der Waals surface area contributed by atoms with Crippen molar-refractivity contribution >= 4 is 40.8 Å². The maximum atomic E-state index is 14.0. The number of alkyl halides is 2. The van der Waals surface area contributed by atoms with Crippen molar-refractivity contribution in [2.24, 2.45) is 11.8 Å². The molecule has 0 radical (unpaired) electrons. The molecular formula is C41H41Cl2F2N3O6. The van der Waals surface area contributed by atoms with E-state index in [9.17, 15) is 18.4 Å². The first-order chi connectivity index (χ1) is 26.1. The standard InChI is InChI=1S/C41H41Cl2F2N3O6/c1-47(38(27-6-3-2-4-7-27)40(50)53-37-23-48-16-14-26(37)15-17-48)30-9-5-8-29(18-30)39(49)52-35(20-31-32(42)21-46-22-33(31)43)28-12-13-34(54-41(44)45)36(19-28)51-24-25-10-11-25/h2-9,12-13,18-19,21-22,25-26,35,37-38,41H,10-11,14-17,20,23-24H2,1H3/t35-,37-,38?/m0/s1. The summed E-state index contributed by atoms with van der Waals surface area (Å²) in [4.78, 5) is 36.2. The van der Waals surface area contributed by atoms with Crippen molar-refractivity contribution in [2.75, 3.05) is 38.2 Å². The molecular weight excluding hydrogens is 739 g/mol. The van der Waals surface area contributed by atoms with Gasteiger partial charge in [-0.05, 0) is 97.6 Å². The third-order valence-corrected chi connectivity index (χ3v) is 11.0. The highest BCUT2D eigenvalue weighted by atomic mass is 35.5. The molecule has 8 rings (SSSR count). The van der Waals surface area contributed by atoms with Crippen LogP contribution in [0.2, 0.25) is 10.0 Å². The summed E-state index contributed by atoms with van der Waals surface area (Å²) < 4.78 is 49.7. The van der Waals surface area contributed by atoms with Crippen LogP contribution in [0.3, 0.4) is 0 Å². The largest absolute Gasteiger partial charge is 0.489 e. The predicted octanol–water partition coefficient (Wildman–Crippen LogP) is 8.73. The second-order valence-corrected chi connectivity index (χ2v) is 14.9. The molecule has 13 heteroatoms. The maximum Gasteiger partial charge on any atom is 0.387 e. The second kappa shape index (κ2) is 16.9. The summed E-state index contributed by atoms with van der Waals surface area (Å²) in [5.74, 6) is -0.372. The van der Waals surface area contributed by atoms with Crippen LogP contribution in [0.4, 0.5) is 14.5 Å². The number of rotatable bonds is 15. The minimum absolute atomic E-state index is 0.0458. The number of pyridine rings is 1. The van der Waals surface area contributed by atoms with Gasteiger partial charge in [0.2, 0.25) is 0 Å². The lowest BCUT2D eigenvalue weighted by atomic mass is 9.86. The van der Waals surface area contributed by atoms with Gasteiger partial charge in [-0.15, -0.1) is 0 Å². The first kappa shape index (κ1) is 37.8. The highest BCUT2D eigenvalue weighted by Gasteiger charge is 2.39. The molecule has 0 spiro atoms. The molecule has 1 aromatic heterocycles. The molecule has 0 amide bonds. The smallest absolute Gasteiger partial charge is 0.387 e. The fraction of sp³-hybridized carbons (Fsp3) is 0.390. The van der Waals surface area contributed by atoms with Gasteiger partial charge in [-0.1, -0.05) is 65.7 Å². The van der Waals surface area contributed by atoms with E-state index in [2.05, 4.69) is 9.88 Å². The lowest BCUT2D eigenvalue weighted by molar-refractivity contribution is -0.160. The van der Waals surface area contributed by atoms with E-state index in [-0.39, 0.29) is 45.6 Å². The van der Waals surface area contributed by atoms with Crippen molar-refractivity contribution in [2.45, 2.75) is 57.0 Å². The van der Waals surface area contributed by atoms with E-state index in [0.717, 1.165) is 50.9 Å². The molecule has 0 N–H and O–H groups in total. The van der Waals surface area contributed by atoms with E-state index in [1.165, 1.54) is 30.6 Å². The number of halogens is 4. The third kappa shape index (κ3) is 9.08. The fourth-order valence-corrected chi connectivity index (χ4v) is 7.70. The van der Waals surface area contributed by atoms with Crippen molar-refractivity contribution in [1.82, 2.24) is 9.88 Å². The molecule has 1 saturated carbocycles. The van der Waals surface area contributed by atoms with Crippen LogP contribution in [0.5, 0.6) is 11.5 Å². The number of esters is 2. The molecule has 3 aromatic carbocycles. The highest BCUT2D eigenvalue weighted by Crippen LogP contribution is 2.39. The zero-order valence-corrected chi connectivity index (χ0v) is 31.2. The number of hydrogen-bond acceptors (Lipinski definition) is 9. The van der Waals surface area contributed by atoms with Gasteiger partial charge in [-0.2, -0.15) is 8.78 Å². The van der Waals surface area contributed by atoms with Gasteiger partial charge in [-0.25, -0.2) is 9.59 Å². The predicted molar refractivity (Wildman–Crippen MR) is 200 cm³/mol. The lowest BCUT2D eigenvalue weighted by Gasteiger charge is -2.44. The van der Waals surface area contributed by atoms with Crippen LogP contribution in [0.15, 0.2) is 85.2 Å². The first-order valence-corrected chi connectivity index (χ1v) is 18.9. The van der Waals surface area contributed by atoms with Gasteiger partial charge < -0.3 is 23.8 Å². The number of piperidine rings is 3. The molecule has 1 unspecified atom stereocenters.